The van der Waals surface area contributed by atoms with Gasteiger partial charge in [-0.15, -0.1) is 0 Å². The Hall–Kier alpha value is -3.95. The molecule has 0 aliphatic rings. The van der Waals surface area contributed by atoms with Gasteiger partial charge in [0.2, 0.25) is 5.12 Å². The van der Waals surface area contributed by atoms with Crippen LogP contribution in [-0.2, 0) is 17.8 Å². The molecular weight excluding hydrogens is 584 g/mol. The number of aromatic carboxylic acids is 1. The number of nitrogens with one attached hydrogen (secondary N) is 1. The molecule has 1 heterocycles. The molecule has 1 aromatic heterocycles. The number of amides is 1. The van der Waals surface area contributed by atoms with E-state index in [1.807, 2.05) is 62.4 Å². The maximum atomic E-state index is 13.6. The van der Waals surface area contributed by atoms with Gasteiger partial charge in [-0.05, 0) is 72.6 Å². The van der Waals surface area contributed by atoms with Crippen molar-refractivity contribution in [2.24, 2.45) is 11.7 Å². The molecule has 2 atom stereocenters. The third kappa shape index (κ3) is 8.41. The third-order valence-electron chi connectivity index (χ3n) is 7.88. The molecule has 0 radical (unpaired) electrons. The molecule has 4 aromatic rings. The highest BCUT2D eigenvalue weighted by Gasteiger charge is 2.21. The third-order valence-corrected chi connectivity index (χ3v) is 9.04. The van der Waals surface area contributed by atoms with E-state index in [2.05, 4.69) is 30.7 Å². The summed E-state index contributed by atoms with van der Waals surface area (Å²) in [6.07, 6.45) is 3.06. The first-order valence-electron chi connectivity index (χ1n) is 15.7. The zero-order valence-electron chi connectivity index (χ0n) is 26.8. The number of thioether (sulfide) groups is 1. The molecular formula is C36H44N4O4S. The van der Waals surface area contributed by atoms with Crippen molar-refractivity contribution in [2.75, 3.05) is 5.75 Å². The van der Waals surface area contributed by atoms with Crippen molar-refractivity contribution in [3.63, 3.8) is 0 Å². The molecule has 4 rings (SSSR count). The topological polar surface area (TPSA) is 127 Å². The highest BCUT2D eigenvalue weighted by atomic mass is 32.2. The summed E-state index contributed by atoms with van der Waals surface area (Å²) in [5.41, 5.74) is 12.0. The Kier molecular flexibility index (Phi) is 11.6. The van der Waals surface area contributed by atoms with E-state index in [9.17, 15) is 19.5 Å². The zero-order valence-corrected chi connectivity index (χ0v) is 27.6. The standard InChI is InChI=1S/C36H44N4O4S/c1-6-10-32-39-33-23(5)18-26(34(41)38-27(17-22(3)4)21-45-36(44)30(37)7-2)19-31(33)40(32)20-24-13-15-25(16-14-24)28-11-8-9-12-29(28)35(42)43/h8-9,11-16,18-19,22,27,30H,6-7,10,17,20-21,37H2,1-5H3,(H,38,41)(H,42,43)/t27-,30+/m1/s1. The lowest BCUT2D eigenvalue weighted by atomic mass is 9.98. The average molecular weight is 629 g/mol. The number of nitrogens with zero attached hydrogens (tertiary/aromatic N) is 2. The van der Waals surface area contributed by atoms with Gasteiger partial charge in [0, 0.05) is 30.3 Å². The zero-order chi connectivity index (χ0) is 32.7. The maximum absolute atomic E-state index is 13.6. The molecule has 3 aromatic carbocycles. The molecule has 45 heavy (non-hydrogen) atoms. The summed E-state index contributed by atoms with van der Waals surface area (Å²) in [6.45, 7) is 10.8. The van der Waals surface area contributed by atoms with Crippen molar-refractivity contribution < 1.29 is 19.5 Å². The van der Waals surface area contributed by atoms with E-state index in [1.165, 1.54) is 11.8 Å². The molecule has 8 nitrogen and oxygen atoms in total. The van der Waals surface area contributed by atoms with Crippen LogP contribution in [-0.4, -0.2) is 49.5 Å². The summed E-state index contributed by atoms with van der Waals surface area (Å²) in [5, 5.41) is 12.8. The quantitative estimate of drug-likeness (QED) is 0.139. The van der Waals surface area contributed by atoms with Gasteiger partial charge in [-0.25, -0.2) is 9.78 Å². The summed E-state index contributed by atoms with van der Waals surface area (Å²) in [7, 11) is 0. The van der Waals surface area contributed by atoms with Gasteiger partial charge in [-0.3, -0.25) is 9.59 Å². The Morgan fingerprint density at radius 2 is 1.76 bits per heavy atom. The van der Waals surface area contributed by atoms with Crippen LogP contribution in [0.3, 0.4) is 0 Å². The lowest BCUT2D eigenvalue weighted by Crippen LogP contribution is -2.39. The molecule has 9 heteroatoms. The summed E-state index contributed by atoms with van der Waals surface area (Å²) < 4.78 is 2.18. The van der Waals surface area contributed by atoms with Gasteiger partial charge in [0.25, 0.3) is 5.91 Å². The number of nitrogens with two attached hydrogens (primary N) is 1. The van der Waals surface area contributed by atoms with E-state index in [0.717, 1.165) is 52.8 Å². The number of rotatable bonds is 14. The largest absolute Gasteiger partial charge is 0.478 e. The lowest BCUT2D eigenvalue weighted by Gasteiger charge is -2.21. The number of benzene rings is 3. The first kappa shape index (κ1) is 33.9. The fourth-order valence-corrected chi connectivity index (χ4v) is 6.48. The highest BCUT2D eigenvalue weighted by Crippen LogP contribution is 2.27. The predicted molar refractivity (Wildman–Crippen MR) is 183 cm³/mol. The van der Waals surface area contributed by atoms with Crippen LogP contribution in [0, 0.1) is 12.8 Å². The molecule has 238 valence electrons. The highest BCUT2D eigenvalue weighted by molar-refractivity contribution is 8.13. The van der Waals surface area contributed by atoms with Gasteiger partial charge >= 0.3 is 5.97 Å². The number of aryl methyl sites for hydroxylation is 2. The number of aromatic nitrogens is 2. The molecule has 0 spiro atoms. The number of imidazole rings is 1. The van der Waals surface area contributed by atoms with Gasteiger partial charge in [-0.2, -0.15) is 0 Å². The normalized spacial score (nSPS) is 12.8. The Bertz CT molecular complexity index is 1660. The fourth-order valence-electron chi connectivity index (χ4n) is 5.52. The number of carbonyl (C=O) groups excluding carboxylic acids is 2. The number of carboxylic acids is 1. The van der Waals surface area contributed by atoms with Crippen molar-refractivity contribution in [2.45, 2.75) is 78.9 Å². The van der Waals surface area contributed by atoms with Gasteiger partial charge in [-0.1, -0.05) is 81.9 Å². The van der Waals surface area contributed by atoms with Gasteiger partial charge in [0.15, 0.2) is 0 Å². The first-order valence-corrected chi connectivity index (χ1v) is 16.6. The second kappa shape index (κ2) is 15.4. The van der Waals surface area contributed by atoms with E-state index in [0.29, 0.717) is 35.8 Å². The molecule has 1 amide bonds. The molecule has 0 saturated heterocycles. The number of carbonyl (C=O) groups is 3. The Morgan fingerprint density at radius 1 is 1.04 bits per heavy atom. The molecule has 0 saturated carbocycles. The SMILES string of the molecule is CCCc1nc2c(C)cc(C(=O)N[C@@H](CSC(=O)[C@@H](N)CC)CC(C)C)cc2n1Cc1ccc(-c2ccccc2C(=O)O)cc1. The molecule has 0 bridgehead atoms. The molecule has 0 fully saturated rings. The van der Waals surface area contributed by atoms with Gasteiger partial charge in [0.1, 0.15) is 5.82 Å². The predicted octanol–water partition coefficient (Wildman–Crippen LogP) is 6.85. The van der Waals surface area contributed by atoms with Crippen molar-refractivity contribution in [3.05, 3.63) is 88.7 Å². The number of hydrogen-bond donors (Lipinski definition) is 3. The van der Waals surface area contributed by atoms with Gasteiger partial charge < -0.3 is 20.7 Å². The molecule has 0 aliphatic carbocycles. The lowest BCUT2D eigenvalue weighted by molar-refractivity contribution is -0.112. The molecule has 0 unspecified atom stereocenters. The Balaban J connectivity index is 1.62. The van der Waals surface area contributed by atoms with Crippen LogP contribution in [0.25, 0.3) is 22.2 Å². The van der Waals surface area contributed by atoms with Crippen LogP contribution in [0.5, 0.6) is 0 Å². The second-order valence-corrected chi connectivity index (χ2v) is 13.0. The van der Waals surface area contributed by atoms with E-state index >= 15 is 0 Å². The van der Waals surface area contributed by atoms with Crippen molar-refractivity contribution in [3.8, 4) is 11.1 Å². The van der Waals surface area contributed by atoms with E-state index in [-0.39, 0.29) is 22.6 Å². The Morgan fingerprint density at radius 3 is 2.40 bits per heavy atom. The minimum Gasteiger partial charge on any atom is -0.478 e. The van der Waals surface area contributed by atoms with Crippen molar-refractivity contribution in [1.29, 1.82) is 0 Å². The van der Waals surface area contributed by atoms with Crippen LogP contribution in [0.2, 0.25) is 0 Å². The summed E-state index contributed by atoms with van der Waals surface area (Å²) in [4.78, 5) is 42.7. The number of fused-ring (bicyclic) bond motifs is 1. The first-order chi connectivity index (χ1) is 21.5. The molecule has 4 N–H and O–H groups in total. The summed E-state index contributed by atoms with van der Waals surface area (Å²) >= 11 is 1.19. The van der Waals surface area contributed by atoms with Crippen molar-refractivity contribution >= 4 is 39.8 Å². The number of hydrogen-bond acceptors (Lipinski definition) is 6. The number of carboxylic acid groups (broad SMARTS) is 1. The van der Waals surface area contributed by atoms with Crippen molar-refractivity contribution in [1.82, 2.24) is 14.9 Å². The van der Waals surface area contributed by atoms with Crippen LogP contribution < -0.4 is 11.1 Å². The van der Waals surface area contributed by atoms with Gasteiger partial charge in [0.05, 0.1) is 22.6 Å². The van der Waals surface area contributed by atoms with Crippen LogP contribution >= 0.6 is 11.8 Å². The smallest absolute Gasteiger partial charge is 0.336 e. The van der Waals surface area contributed by atoms with E-state index < -0.39 is 12.0 Å². The summed E-state index contributed by atoms with van der Waals surface area (Å²) in [5.74, 6) is 0.640. The molecule has 0 aliphatic heterocycles. The van der Waals surface area contributed by atoms with Crippen LogP contribution in [0.4, 0.5) is 0 Å². The Labute approximate surface area is 269 Å². The minimum atomic E-state index is -0.956. The monoisotopic (exact) mass is 628 g/mol. The maximum Gasteiger partial charge on any atom is 0.336 e. The van der Waals surface area contributed by atoms with E-state index in [4.69, 9.17) is 10.7 Å². The second-order valence-electron chi connectivity index (χ2n) is 12.0. The van der Waals surface area contributed by atoms with E-state index in [1.54, 1.807) is 12.1 Å². The minimum absolute atomic E-state index is 0.0516. The van der Waals surface area contributed by atoms with Crippen LogP contribution in [0.15, 0.2) is 60.7 Å². The van der Waals surface area contributed by atoms with Crippen LogP contribution in [0.1, 0.15) is 84.6 Å². The fraction of sp³-hybridized carbons (Fsp3) is 0.389. The average Bonchev–Trinajstić information content (AvgIpc) is 3.36. The summed E-state index contributed by atoms with van der Waals surface area (Å²) in [6, 6.07) is 18.1.